The molecule has 0 bridgehead atoms. The van der Waals surface area contributed by atoms with E-state index in [1.165, 1.54) is 42.5 Å². The molecule has 0 aromatic heterocycles. The molecule has 2 amide bonds. The minimum atomic E-state index is -4.58. The average Bonchev–Trinajstić information content (AvgIpc) is 3.53. The van der Waals surface area contributed by atoms with Gasteiger partial charge in [0.25, 0.3) is 5.91 Å². The van der Waals surface area contributed by atoms with Gasteiger partial charge in [-0.2, -0.15) is 26.3 Å². The fourth-order valence-corrected chi connectivity index (χ4v) is 4.16. The van der Waals surface area contributed by atoms with Crippen molar-refractivity contribution in [2.24, 2.45) is 0 Å². The molecule has 1 aliphatic carbocycles. The Balaban J connectivity index is 1.74. The zero-order valence-corrected chi connectivity index (χ0v) is 21.0. The molecule has 0 radical (unpaired) electrons. The number of carbonyl (C=O) groups excluding carboxylic acids is 2. The van der Waals surface area contributed by atoms with Crippen molar-refractivity contribution in [3.05, 3.63) is 74.2 Å². The summed E-state index contributed by atoms with van der Waals surface area (Å²) in [6, 6.07) is 8.26. The lowest BCUT2D eigenvalue weighted by atomic mass is 9.95. The summed E-state index contributed by atoms with van der Waals surface area (Å²) in [6.07, 6.45) is -6.51. The van der Waals surface area contributed by atoms with Gasteiger partial charge in [-0.25, -0.2) is 0 Å². The van der Waals surface area contributed by atoms with Crippen LogP contribution in [0.2, 0.25) is 5.02 Å². The van der Waals surface area contributed by atoms with Crippen molar-refractivity contribution in [2.75, 3.05) is 6.54 Å². The van der Waals surface area contributed by atoms with Crippen molar-refractivity contribution in [1.29, 1.82) is 0 Å². The van der Waals surface area contributed by atoms with Crippen molar-refractivity contribution in [1.82, 2.24) is 10.6 Å². The molecular weight excluding hydrogens is 578 g/mol. The van der Waals surface area contributed by atoms with E-state index in [9.17, 15) is 35.9 Å². The number of amides is 2. The summed E-state index contributed by atoms with van der Waals surface area (Å²) in [4.78, 5) is 24.8. The number of hydrogen-bond acceptors (Lipinski definition) is 2. The molecule has 0 aliphatic heterocycles. The van der Waals surface area contributed by atoms with E-state index in [0.717, 1.165) is 6.08 Å². The van der Waals surface area contributed by atoms with Gasteiger partial charge in [0, 0.05) is 9.50 Å². The molecule has 194 valence electrons. The van der Waals surface area contributed by atoms with E-state index in [0.29, 0.717) is 16.1 Å². The smallest absolute Gasteiger partial charge is 0.345 e. The summed E-state index contributed by atoms with van der Waals surface area (Å²) in [5.41, 5.74) is -0.452. The lowest BCUT2D eigenvalue weighted by Gasteiger charge is -2.19. The highest BCUT2D eigenvalue weighted by Gasteiger charge is 2.52. The molecule has 1 saturated carbocycles. The lowest BCUT2D eigenvalue weighted by molar-refractivity contribution is -0.140. The van der Waals surface area contributed by atoms with Crippen LogP contribution in [0.5, 0.6) is 0 Å². The van der Waals surface area contributed by atoms with Crippen LogP contribution in [-0.2, 0) is 4.79 Å². The van der Waals surface area contributed by atoms with Crippen LogP contribution in [0.25, 0.3) is 6.08 Å². The molecule has 0 saturated heterocycles. The Morgan fingerprint density at radius 3 is 2.31 bits per heavy atom. The SMILES string of the molecule is Cc1cc(C(/C=C/c2ccc(C(=O)NC3(C(=O)NCC(F)(F)F)CC3)c(Br)c2)C(F)(F)F)ccc1Cl. The molecule has 1 atom stereocenters. The number of carbonyl (C=O) groups is 2. The van der Waals surface area contributed by atoms with E-state index in [4.69, 9.17) is 11.6 Å². The van der Waals surface area contributed by atoms with E-state index >= 15 is 0 Å². The number of aryl methyl sites for hydroxylation is 1. The summed E-state index contributed by atoms with van der Waals surface area (Å²) < 4.78 is 78.4. The second-order valence-corrected chi connectivity index (χ2v) is 9.72. The third-order valence-electron chi connectivity index (χ3n) is 5.60. The number of rotatable bonds is 7. The topological polar surface area (TPSA) is 58.2 Å². The highest BCUT2D eigenvalue weighted by atomic mass is 79.9. The largest absolute Gasteiger partial charge is 0.405 e. The van der Waals surface area contributed by atoms with Crippen molar-refractivity contribution < 1.29 is 35.9 Å². The maximum Gasteiger partial charge on any atom is 0.405 e. The van der Waals surface area contributed by atoms with Crippen molar-refractivity contribution in [3.63, 3.8) is 0 Å². The lowest BCUT2D eigenvalue weighted by Crippen LogP contribution is -2.50. The summed E-state index contributed by atoms with van der Waals surface area (Å²) in [5, 5.41) is 4.58. The molecule has 2 aromatic carbocycles. The molecule has 2 aromatic rings. The average molecular weight is 598 g/mol. The van der Waals surface area contributed by atoms with E-state index in [2.05, 4.69) is 21.2 Å². The quantitative estimate of drug-likeness (QED) is 0.349. The number of halogens is 8. The Hall–Kier alpha value is -2.53. The Labute approximate surface area is 216 Å². The van der Waals surface area contributed by atoms with Gasteiger partial charge in [-0.05, 0) is 70.6 Å². The number of hydrogen-bond donors (Lipinski definition) is 2. The first-order valence-electron chi connectivity index (χ1n) is 10.6. The molecule has 2 N–H and O–H groups in total. The Morgan fingerprint density at radius 1 is 1.11 bits per heavy atom. The molecule has 4 nitrogen and oxygen atoms in total. The van der Waals surface area contributed by atoms with Crippen LogP contribution < -0.4 is 10.6 Å². The Kier molecular flexibility index (Phi) is 8.14. The van der Waals surface area contributed by atoms with Crippen molar-refractivity contribution in [3.8, 4) is 0 Å². The van der Waals surface area contributed by atoms with Crippen LogP contribution in [0.4, 0.5) is 26.3 Å². The van der Waals surface area contributed by atoms with Gasteiger partial charge >= 0.3 is 12.4 Å². The molecule has 0 heterocycles. The first-order chi connectivity index (χ1) is 16.6. The fraction of sp³-hybridized carbons (Fsp3) is 0.333. The van der Waals surface area contributed by atoms with Gasteiger partial charge in [-0.15, -0.1) is 0 Å². The summed E-state index contributed by atoms with van der Waals surface area (Å²) >= 11 is 9.12. The molecule has 1 unspecified atom stereocenters. The number of allylic oxidation sites excluding steroid dienone is 1. The summed E-state index contributed by atoms with van der Waals surface area (Å²) in [5.74, 6) is -3.53. The summed E-state index contributed by atoms with van der Waals surface area (Å²) in [6.45, 7) is 0.0955. The van der Waals surface area contributed by atoms with Crippen LogP contribution in [-0.4, -0.2) is 36.3 Å². The van der Waals surface area contributed by atoms with Gasteiger partial charge in [0.2, 0.25) is 5.91 Å². The van der Waals surface area contributed by atoms with Crippen molar-refractivity contribution >= 4 is 45.4 Å². The zero-order chi connectivity index (χ0) is 26.9. The van der Waals surface area contributed by atoms with Gasteiger partial charge in [0.05, 0.1) is 11.5 Å². The van der Waals surface area contributed by atoms with E-state index in [1.807, 2.05) is 0 Å². The van der Waals surface area contributed by atoms with Crippen LogP contribution in [0.15, 0.2) is 46.9 Å². The fourth-order valence-electron chi connectivity index (χ4n) is 3.47. The minimum absolute atomic E-state index is 0.0224. The highest BCUT2D eigenvalue weighted by Crippen LogP contribution is 2.38. The van der Waals surface area contributed by atoms with Gasteiger partial charge in [0.15, 0.2) is 0 Å². The Bertz CT molecular complexity index is 1190. The van der Waals surface area contributed by atoms with Gasteiger partial charge in [0.1, 0.15) is 12.1 Å². The van der Waals surface area contributed by atoms with Crippen molar-refractivity contribution in [2.45, 2.75) is 43.6 Å². The second-order valence-electron chi connectivity index (χ2n) is 8.46. The number of nitrogens with one attached hydrogen (secondary N) is 2. The van der Waals surface area contributed by atoms with E-state index in [1.54, 1.807) is 12.2 Å². The van der Waals surface area contributed by atoms with Crippen LogP contribution in [0, 0.1) is 6.92 Å². The minimum Gasteiger partial charge on any atom is -0.345 e. The molecular formula is C24H20BrClF6N2O2. The normalized spacial score (nSPS) is 16.0. The third-order valence-corrected chi connectivity index (χ3v) is 6.68. The molecule has 3 rings (SSSR count). The molecule has 1 fully saturated rings. The second kappa shape index (κ2) is 10.5. The first kappa shape index (κ1) is 28.0. The monoisotopic (exact) mass is 596 g/mol. The molecule has 12 heteroatoms. The zero-order valence-electron chi connectivity index (χ0n) is 18.7. The molecule has 36 heavy (non-hydrogen) atoms. The first-order valence-corrected chi connectivity index (χ1v) is 11.8. The van der Waals surface area contributed by atoms with Gasteiger partial charge < -0.3 is 10.6 Å². The summed E-state index contributed by atoms with van der Waals surface area (Å²) in [7, 11) is 0. The number of alkyl halides is 6. The molecule has 1 aliphatic rings. The van der Waals surface area contributed by atoms with Gasteiger partial charge in [-0.1, -0.05) is 42.0 Å². The predicted molar refractivity (Wildman–Crippen MR) is 127 cm³/mol. The Morgan fingerprint density at radius 2 is 1.78 bits per heavy atom. The standard InChI is InChI=1S/C24H20BrClF6N2O2/c1-13-10-15(4-7-19(13)26)17(24(30,31)32)6-3-14-2-5-16(18(25)11-14)20(35)34-22(8-9-22)21(36)33-12-23(27,28)29/h2-7,10-11,17H,8-9,12H2,1H3,(H,33,36)(H,34,35)/b6-3+. The number of benzene rings is 2. The van der Waals surface area contributed by atoms with Crippen LogP contribution >= 0.6 is 27.5 Å². The molecule has 0 spiro atoms. The van der Waals surface area contributed by atoms with Crippen LogP contribution in [0.3, 0.4) is 0 Å². The maximum absolute atomic E-state index is 13.7. The van der Waals surface area contributed by atoms with Crippen LogP contribution in [0.1, 0.15) is 45.8 Å². The van der Waals surface area contributed by atoms with E-state index in [-0.39, 0.29) is 28.4 Å². The van der Waals surface area contributed by atoms with Gasteiger partial charge in [-0.3, -0.25) is 9.59 Å². The maximum atomic E-state index is 13.7. The third kappa shape index (κ3) is 7.03. The van der Waals surface area contributed by atoms with E-state index < -0.39 is 42.2 Å². The highest BCUT2D eigenvalue weighted by molar-refractivity contribution is 9.10. The predicted octanol–water partition coefficient (Wildman–Crippen LogP) is 6.71.